The number of nitrogens with zero attached hydrogens (tertiary/aromatic N) is 1. The average Bonchev–Trinajstić information content (AvgIpc) is 2.82. The molecule has 0 aliphatic heterocycles. The number of hydrogen-bond donors (Lipinski definition) is 4. The van der Waals surface area contributed by atoms with E-state index in [-0.39, 0.29) is 13.0 Å². The highest BCUT2D eigenvalue weighted by Crippen LogP contribution is 2.19. The van der Waals surface area contributed by atoms with E-state index in [1.165, 1.54) is 39.5 Å². The minimum Gasteiger partial charge on any atom is -0.480 e. The molecule has 6 N–H and O–H groups in total. The van der Waals surface area contributed by atoms with Crippen LogP contribution >= 0.6 is 11.8 Å². The van der Waals surface area contributed by atoms with E-state index < -0.39 is 66.0 Å². The van der Waals surface area contributed by atoms with Gasteiger partial charge in [-0.2, -0.15) is 11.8 Å². The summed E-state index contributed by atoms with van der Waals surface area (Å²) in [7, 11) is 0. The third kappa shape index (κ3) is 11.1. The van der Waals surface area contributed by atoms with Gasteiger partial charge in [0.15, 0.2) is 6.04 Å². The zero-order valence-electron chi connectivity index (χ0n) is 22.3. The van der Waals surface area contributed by atoms with Crippen LogP contribution in [0, 0.1) is 0 Å². The van der Waals surface area contributed by atoms with E-state index in [2.05, 4.69) is 5.32 Å². The van der Waals surface area contributed by atoms with Crippen LogP contribution in [-0.2, 0) is 35.3 Å². The van der Waals surface area contributed by atoms with E-state index in [0.29, 0.717) is 10.7 Å². The summed E-state index contributed by atoms with van der Waals surface area (Å²) in [6.45, 7) is 5.98. The fourth-order valence-electron chi connectivity index (χ4n) is 3.29. The first-order valence-corrected chi connectivity index (χ1v) is 13.3. The molecule has 0 saturated heterocycles. The van der Waals surface area contributed by atoms with Crippen LogP contribution in [0.25, 0.3) is 0 Å². The predicted molar refractivity (Wildman–Crippen MR) is 142 cm³/mol. The maximum atomic E-state index is 13.6. The van der Waals surface area contributed by atoms with Crippen LogP contribution in [0.15, 0.2) is 30.3 Å². The Morgan fingerprint density at radius 2 is 1.74 bits per heavy atom. The van der Waals surface area contributed by atoms with E-state index in [4.69, 9.17) is 20.9 Å². The minimum absolute atomic E-state index is 0.00607. The predicted octanol–water partition coefficient (Wildman–Crippen LogP) is 1.25. The van der Waals surface area contributed by atoms with E-state index in [1.807, 2.05) is 6.26 Å². The highest BCUT2D eigenvalue weighted by molar-refractivity contribution is 7.98. The molecule has 212 valence electrons. The van der Waals surface area contributed by atoms with Crippen LogP contribution < -0.4 is 16.8 Å². The van der Waals surface area contributed by atoms with Crippen molar-refractivity contribution in [1.82, 2.24) is 10.2 Å². The van der Waals surface area contributed by atoms with Gasteiger partial charge < -0.3 is 31.4 Å². The van der Waals surface area contributed by atoms with Crippen molar-refractivity contribution in [3.63, 3.8) is 0 Å². The molecule has 0 fully saturated rings. The Kier molecular flexibility index (Phi) is 13.2. The molecule has 38 heavy (non-hydrogen) atoms. The van der Waals surface area contributed by atoms with Crippen LogP contribution in [0.2, 0.25) is 0 Å². The third-order valence-corrected chi connectivity index (χ3v) is 5.79. The molecule has 0 unspecified atom stereocenters. The van der Waals surface area contributed by atoms with Crippen molar-refractivity contribution in [2.24, 2.45) is 11.5 Å². The number of carbonyl (C=O) groups is 5. The Labute approximate surface area is 226 Å². The van der Waals surface area contributed by atoms with Crippen molar-refractivity contribution in [1.29, 1.82) is 0 Å². The monoisotopic (exact) mass is 554 g/mol. The molecule has 0 aliphatic rings. The van der Waals surface area contributed by atoms with Gasteiger partial charge in [-0.1, -0.05) is 30.3 Å². The Hall–Kier alpha value is -3.16. The summed E-state index contributed by atoms with van der Waals surface area (Å²) >= 11 is 1.46. The minimum atomic E-state index is -1.86. The van der Waals surface area contributed by atoms with Crippen LogP contribution in [0.1, 0.15) is 46.1 Å². The number of thioether (sulfide) groups is 1. The van der Waals surface area contributed by atoms with Gasteiger partial charge in [-0.3, -0.25) is 14.4 Å². The zero-order chi connectivity index (χ0) is 29.0. The van der Waals surface area contributed by atoms with Crippen LogP contribution in [0.3, 0.4) is 0 Å². The second kappa shape index (κ2) is 15.3. The molecule has 12 nitrogen and oxygen atoms in total. The number of nitrogens with one attached hydrogen (secondary N) is 1. The number of nitrogens with two attached hydrogens (primary N) is 2. The molecule has 4 amide bonds. The molecule has 0 saturated carbocycles. The summed E-state index contributed by atoms with van der Waals surface area (Å²) < 4.78 is 11.0. The summed E-state index contributed by atoms with van der Waals surface area (Å²) in [5.41, 5.74) is 10.8. The molecular formula is C25H38N4O8S. The van der Waals surface area contributed by atoms with Crippen LogP contribution in [0.4, 0.5) is 4.79 Å². The van der Waals surface area contributed by atoms with Crippen molar-refractivity contribution in [2.75, 3.05) is 12.0 Å². The van der Waals surface area contributed by atoms with Crippen molar-refractivity contribution in [2.45, 2.75) is 77.0 Å². The molecule has 4 atom stereocenters. The van der Waals surface area contributed by atoms with Gasteiger partial charge in [0.2, 0.25) is 11.8 Å². The third-order valence-electron chi connectivity index (χ3n) is 5.15. The second-order valence-corrected chi connectivity index (χ2v) is 10.6. The summed E-state index contributed by atoms with van der Waals surface area (Å²) in [6.07, 6.45) is -1.10. The lowest BCUT2D eigenvalue weighted by Crippen LogP contribution is -2.61. The van der Waals surface area contributed by atoms with Gasteiger partial charge >= 0.3 is 12.1 Å². The molecule has 13 heteroatoms. The number of ether oxygens (including phenoxy) is 2. The highest BCUT2D eigenvalue weighted by atomic mass is 32.2. The van der Waals surface area contributed by atoms with Crippen molar-refractivity contribution < 1.29 is 38.6 Å². The normalized spacial score (nSPS) is 14.5. The zero-order valence-corrected chi connectivity index (χ0v) is 23.2. The van der Waals surface area contributed by atoms with Crippen molar-refractivity contribution in [3.05, 3.63) is 35.9 Å². The largest absolute Gasteiger partial charge is 0.480 e. The Balaban J connectivity index is 3.38. The Bertz CT molecular complexity index is 970. The molecule has 1 aromatic rings. The number of imide groups is 1. The number of benzene rings is 1. The quantitative estimate of drug-likeness (QED) is 0.260. The van der Waals surface area contributed by atoms with Crippen LogP contribution in [0.5, 0.6) is 0 Å². The Morgan fingerprint density at radius 1 is 1.13 bits per heavy atom. The number of carboxylic acid groups (broad SMARTS) is 1. The highest BCUT2D eigenvalue weighted by Gasteiger charge is 2.44. The lowest BCUT2D eigenvalue weighted by Gasteiger charge is -2.34. The lowest BCUT2D eigenvalue weighted by molar-refractivity contribution is -0.157. The molecule has 1 aromatic carbocycles. The van der Waals surface area contributed by atoms with E-state index in [1.54, 1.807) is 30.3 Å². The summed E-state index contributed by atoms with van der Waals surface area (Å²) in [4.78, 5) is 64.0. The van der Waals surface area contributed by atoms with Gasteiger partial charge in [0, 0.05) is 0 Å². The number of aliphatic carboxylic acids is 1. The first kappa shape index (κ1) is 32.9. The number of hydrogen-bond acceptors (Lipinski definition) is 9. The van der Waals surface area contributed by atoms with Gasteiger partial charge in [-0.15, -0.1) is 0 Å². The van der Waals surface area contributed by atoms with Crippen LogP contribution in [-0.4, -0.2) is 81.6 Å². The molecule has 0 radical (unpaired) electrons. The summed E-state index contributed by atoms with van der Waals surface area (Å²) in [5, 5.41) is 12.4. The van der Waals surface area contributed by atoms with E-state index >= 15 is 0 Å². The SMILES string of the molecule is CSCC[C@H](N)C(=O)N[C@@H](CC(N)=O)C(=O)N(C(=O)OC(C)(C)C)[C@H](C(=O)O)[C@@H](C)OCc1ccccc1. The van der Waals surface area contributed by atoms with Gasteiger partial charge in [0.1, 0.15) is 11.6 Å². The number of carboxylic acids is 1. The molecule has 0 spiro atoms. The lowest BCUT2D eigenvalue weighted by atomic mass is 10.1. The maximum Gasteiger partial charge on any atom is 0.418 e. The van der Waals surface area contributed by atoms with Gasteiger partial charge in [0.25, 0.3) is 5.91 Å². The van der Waals surface area contributed by atoms with Crippen molar-refractivity contribution >= 4 is 41.5 Å². The molecular weight excluding hydrogens is 516 g/mol. The Morgan fingerprint density at radius 3 is 2.24 bits per heavy atom. The van der Waals surface area contributed by atoms with Crippen molar-refractivity contribution in [3.8, 4) is 0 Å². The second-order valence-electron chi connectivity index (χ2n) is 9.59. The molecule has 0 aromatic heterocycles. The van der Waals surface area contributed by atoms with Gasteiger partial charge in [0.05, 0.1) is 25.2 Å². The number of amides is 4. The standard InChI is InChI=1S/C25H38N4O8S/c1-15(36-14-16-9-7-6-8-10-16)20(23(33)34)29(24(35)37-25(2,3)4)22(32)18(13-19(27)30)28-21(31)17(26)11-12-38-5/h6-10,15,17-18,20H,11-14,26H2,1-5H3,(H2,27,30)(H,28,31)(H,33,34)/t15-,17+,18+,20+/m1/s1. The molecule has 0 heterocycles. The molecule has 0 bridgehead atoms. The number of rotatable bonds is 14. The maximum absolute atomic E-state index is 13.6. The fourth-order valence-corrected chi connectivity index (χ4v) is 3.78. The first-order valence-electron chi connectivity index (χ1n) is 12.0. The van der Waals surface area contributed by atoms with E-state index in [0.717, 1.165) is 5.56 Å². The van der Waals surface area contributed by atoms with E-state index in [9.17, 15) is 29.1 Å². The van der Waals surface area contributed by atoms with Gasteiger partial charge in [-0.25, -0.2) is 14.5 Å². The molecule has 0 aliphatic carbocycles. The number of primary amides is 1. The summed E-state index contributed by atoms with van der Waals surface area (Å²) in [6, 6.07) is 4.33. The first-order chi connectivity index (χ1) is 17.7. The number of carbonyl (C=O) groups excluding carboxylic acids is 4. The smallest absolute Gasteiger partial charge is 0.418 e. The molecule has 1 rings (SSSR count). The van der Waals surface area contributed by atoms with Gasteiger partial charge in [-0.05, 0) is 51.7 Å². The topological polar surface area (TPSA) is 191 Å². The average molecular weight is 555 g/mol. The fraction of sp³-hybridized carbons (Fsp3) is 0.560. The summed E-state index contributed by atoms with van der Waals surface area (Å²) in [5.74, 6) is -3.94.